The van der Waals surface area contributed by atoms with E-state index in [1.54, 1.807) is 0 Å². The second-order valence-corrected chi connectivity index (χ2v) is 6.65. The lowest BCUT2D eigenvalue weighted by atomic mass is 9.90. The molecule has 26 heavy (non-hydrogen) atoms. The first kappa shape index (κ1) is 18.0. The highest BCUT2D eigenvalue weighted by atomic mass is 19.2. The van der Waals surface area contributed by atoms with Crippen molar-refractivity contribution in [3.05, 3.63) is 53.4 Å². The molecule has 0 saturated carbocycles. The molecular weight excluding hydrogens is 340 g/mol. The maximum absolute atomic E-state index is 13.6. The zero-order chi connectivity index (χ0) is 18.9. The van der Waals surface area contributed by atoms with Crippen LogP contribution in [0.4, 0.5) is 14.7 Å². The topological polar surface area (TPSA) is 55.3 Å². The summed E-state index contributed by atoms with van der Waals surface area (Å²) in [6, 6.07) is 3.80. The number of carbonyl (C=O) groups is 1. The van der Waals surface area contributed by atoms with Gasteiger partial charge in [-0.15, -0.1) is 0 Å². The summed E-state index contributed by atoms with van der Waals surface area (Å²) < 4.78 is 32.1. The molecule has 1 aliphatic rings. The average molecular weight is 357 g/mol. The third-order valence-electron chi connectivity index (χ3n) is 4.17. The van der Waals surface area contributed by atoms with E-state index in [-0.39, 0.29) is 22.8 Å². The predicted molar refractivity (Wildman–Crippen MR) is 91.3 cm³/mol. The number of ether oxygens (including phenoxy) is 1. The molecule has 0 aliphatic carbocycles. The summed E-state index contributed by atoms with van der Waals surface area (Å²) in [7, 11) is 1.50. The summed E-state index contributed by atoms with van der Waals surface area (Å²) in [4.78, 5) is 22.2. The van der Waals surface area contributed by atoms with Crippen LogP contribution in [0.25, 0.3) is 0 Å². The van der Waals surface area contributed by atoms with Crippen LogP contribution in [-0.2, 0) is 9.53 Å². The molecule has 0 spiro atoms. The molecule has 0 bridgehead atoms. The fourth-order valence-electron chi connectivity index (χ4n) is 2.90. The van der Waals surface area contributed by atoms with Gasteiger partial charge in [0.2, 0.25) is 5.95 Å². The van der Waals surface area contributed by atoms with Gasteiger partial charge in [-0.3, -0.25) is 9.69 Å². The quantitative estimate of drug-likeness (QED) is 0.775. The second kappa shape index (κ2) is 6.81. The molecular formula is C19H17F2N3O2. The Kier molecular flexibility index (Phi) is 4.70. The smallest absolute Gasteiger partial charge is 0.259 e. The van der Waals surface area contributed by atoms with Crippen LogP contribution in [0.1, 0.15) is 25.0 Å². The average Bonchev–Trinajstić information content (AvgIpc) is 2.85. The Morgan fingerprint density at radius 3 is 2.54 bits per heavy atom. The molecule has 7 heteroatoms. The van der Waals surface area contributed by atoms with Crippen LogP contribution in [0.3, 0.4) is 0 Å². The lowest BCUT2D eigenvalue weighted by molar-refractivity contribution is -0.128. The van der Waals surface area contributed by atoms with Crippen molar-refractivity contribution in [3.8, 4) is 11.8 Å². The number of hydrogen-bond acceptors (Lipinski definition) is 4. The SMILES string of the molecule is CO[C@@H]1C(=O)N(c2ncc(C#Cc3cccc(F)c3F)cn2)CC1(C)C. The molecule has 1 aromatic heterocycles. The summed E-state index contributed by atoms with van der Waals surface area (Å²) >= 11 is 0. The van der Waals surface area contributed by atoms with E-state index in [2.05, 4.69) is 21.8 Å². The monoisotopic (exact) mass is 357 g/mol. The zero-order valence-corrected chi connectivity index (χ0v) is 14.6. The number of benzene rings is 1. The number of nitrogens with zero attached hydrogens (tertiary/aromatic N) is 3. The van der Waals surface area contributed by atoms with E-state index in [0.717, 1.165) is 6.07 Å². The van der Waals surface area contributed by atoms with Crippen molar-refractivity contribution in [2.45, 2.75) is 20.0 Å². The number of anilines is 1. The van der Waals surface area contributed by atoms with Crippen molar-refractivity contribution in [1.82, 2.24) is 9.97 Å². The zero-order valence-electron chi connectivity index (χ0n) is 14.6. The summed E-state index contributed by atoms with van der Waals surface area (Å²) in [5.74, 6) is 3.35. The van der Waals surface area contributed by atoms with E-state index in [4.69, 9.17) is 4.74 Å². The fraction of sp³-hybridized carbons (Fsp3) is 0.316. The van der Waals surface area contributed by atoms with Gasteiger partial charge in [-0.05, 0) is 12.1 Å². The molecule has 5 nitrogen and oxygen atoms in total. The lowest BCUT2D eigenvalue weighted by Crippen LogP contribution is -2.33. The van der Waals surface area contributed by atoms with Crippen LogP contribution in [0, 0.1) is 28.9 Å². The van der Waals surface area contributed by atoms with Gasteiger partial charge >= 0.3 is 0 Å². The van der Waals surface area contributed by atoms with Crippen molar-refractivity contribution in [2.75, 3.05) is 18.6 Å². The number of halogens is 2. The minimum Gasteiger partial charge on any atom is -0.371 e. The minimum atomic E-state index is -0.993. The molecule has 1 amide bonds. The van der Waals surface area contributed by atoms with Crippen molar-refractivity contribution < 1.29 is 18.3 Å². The highest BCUT2D eigenvalue weighted by Crippen LogP contribution is 2.34. The highest BCUT2D eigenvalue weighted by molar-refractivity contribution is 5.98. The van der Waals surface area contributed by atoms with E-state index in [1.807, 2.05) is 13.8 Å². The third-order valence-corrected chi connectivity index (χ3v) is 4.17. The van der Waals surface area contributed by atoms with Gasteiger partial charge in [0.15, 0.2) is 11.6 Å². The summed E-state index contributed by atoms with van der Waals surface area (Å²) in [5, 5.41) is 0. The molecule has 1 fully saturated rings. The Hall–Kier alpha value is -2.85. The summed E-state index contributed by atoms with van der Waals surface area (Å²) in [5.41, 5.74) is 0.0165. The Bertz CT molecular complexity index is 901. The number of aromatic nitrogens is 2. The molecule has 134 valence electrons. The van der Waals surface area contributed by atoms with E-state index < -0.39 is 17.7 Å². The first-order valence-electron chi connectivity index (χ1n) is 7.96. The van der Waals surface area contributed by atoms with Crippen LogP contribution in [0.5, 0.6) is 0 Å². The molecule has 0 radical (unpaired) electrons. The first-order chi connectivity index (χ1) is 12.3. The van der Waals surface area contributed by atoms with Gasteiger partial charge in [0, 0.05) is 31.5 Å². The number of methoxy groups -OCH3 is 1. The second-order valence-electron chi connectivity index (χ2n) is 6.65. The summed E-state index contributed by atoms with van der Waals surface area (Å²) in [6.07, 6.45) is 2.32. The van der Waals surface area contributed by atoms with Gasteiger partial charge in [0.25, 0.3) is 5.91 Å². The number of carbonyl (C=O) groups excluding carboxylic acids is 1. The Morgan fingerprint density at radius 2 is 1.92 bits per heavy atom. The van der Waals surface area contributed by atoms with Crippen LogP contribution >= 0.6 is 0 Å². The first-order valence-corrected chi connectivity index (χ1v) is 7.96. The molecule has 2 heterocycles. The molecule has 1 atom stereocenters. The molecule has 0 unspecified atom stereocenters. The van der Waals surface area contributed by atoms with Gasteiger partial charge < -0.3 is 4.74 Å². The molecule has 1 saturated heterocycles. The molecule has 0 N–H and O–H groups in total. The number of rotatable bonds is 2. The Morgan fingerprint density at radius 1 is 1.23 bits per heavy atom. The van der Waals surface area contributed by atoms with Gasteiger partial charge in [0.1, 0.15) is 6.10 Å². The Labute approximate surface area is 150 Å². The fourth-order valence-corrected chi connectivity index (χ4v) is 2.90. The Balaban J connectivity index is 1.81. The molecule has 1 aliphatic heterocycles. The van der Waals surface area contributed by atoms with Crippen molar-refractivity contribution >= 4 is 11.9 Å². The third kappa shape index (κ3) is 3.28. The van der Waals surface area contributed by atoms with Gasteiger partial charge in [-0.1, -0.05) is 31.8 Å². The maximum atomic E-state index is 13.6. The van der Waals surface area contributed by atoms with Crippen LogP contribution in [0.15, 0.2) is 30.6 Å². The standard InChI is InChI=1S/C19H17F2N3O2/c1-19(2)11-24(17(25)16(19)26-3)18-22-9-12(10-23-18)7-8-13-5-4-6-14(20)15(13)21/h4-6,9-10,16H,11H2,1-3H3/t16-/m1/s1. The van der Waals surface area contributed by atoms with Gasteiger partial charge in [-0.25, -0.2) is 18.7 Å². The molecule has 1 aromatic carbocycles. The van der Waals surface area contributed by atoms with E-state index >= 15 is 0 Å². The van der Waals surface area contributed by atoms with Crippen LogP contribution in [0.2, 0.25) is 0 Å². The van der Waals surface area contributed by atoms with Gasteiger partial charge in [0.05, 0.1) is 11.1 Å². The largest absolute Gasteiger partial charge is 0.371 e. The number of amides is 1. The number of hydrogen-bond donors (Lipinski definition) is 0. The maximum Gasteiger partial charge on any atom is 0.259 e. The van der Waals surface area contributed by atoms with Crippen molar-refractivity contribution in [3.63, 3.8) is 0 Å². The van der Waals surface area contributed by atoms with E-state index in [1.165, 1.54) is 36.5 Å². The summed E-state index contributed by atoms with van der Waals surface area (Å²) in [6.45, 7) is 4.31. The van der Waals surface area contributed by atoms with Crippen molar-refractivity contribution in [2.24, 2.45) is 5.41 Å². The van der Waals surface area contributed by atoms with E-state index in [9.17, 15) is 13.6 Å². The van der Waals surface area contributed by atoms with Crippen LogP contribution < -0.4 is 4.90 Å². The van der Waals surface area contributed by atoms with Crippen LogP contribution in [-0.4, -0.2) is 35.6 Å². The predicted octanol–water partition coefficient (Wildman–Crippen LogP) is 2.54. The van der Waals surface area contributed by atoms with E-state index in [0.29, 0.717) is 12.1 Å². The molecule has 2 aromatic rings. The minimum absolute atomic E-state index is 0.0477. The highest BCUT2D eigenvalue weighted by Gasteiger charge is 2.47. The lowest BCUT2D eigenvalue weighted by Gasteiger charge is -2.21. The normalized spacial score (nSPS) is 18.6. The van der Waals surface area contributed by atoms with Gasteiger partial charge in [-0.2, -0.15) is 0 Å². The molecule has 3 rings (SSSR count). The van der Waals surface area contributed by atoms with Crippen molar-refractivity contribution in [1.29, 1.82) is 0 Å².